The standard InChI is InChI=1S/C15H14N4O/c1-10-13(8-17-18-15(10)20)19-9-11-5-3-4-6-12(11)14(19)7-16-2/h3-6,8,14H,7,9H2,1H3,(H,18,20). The molecule has 1 aromatic heterocycles. The Morgan fingerprint density at radius 2 is 2.30 bits per heavy atom. The van der Waals surface area contributed by atoms with E-state index >= 15 is 0 Å². The van der Waals surface area contributed by atoms with Crippen LogP contribution in [-0.4, -0.2) is 16.7 Å². The zero-order valence-electron chi connectivity index (χ0n) is 11.1. The lowest BCUT2D eigenvalue weighted by atomic mass is 10.1. The van der Waals surface area contributed by atoms with Crippen LogP contribution in [0.4, 0.5) is 5.69 Å². The second-order valence-electron chi connectivity index (χ2n) is 4.89. The Kier molecular flexibility index (Phi) is 2.99. The van der Waals surface area contributed by atoms with Crippen LogP contribution in [0.15, 0.2) is 35.3 Å². The molecule has 0 fully saturated rings. The van der Waals surface area contributed by atoms with Crippen molar-refractivity contribution in [3.05, 3.63) is 68.9 Å². The summed E-state index contributed by atoms with van der Waals surface area (Å²) in [7, 11) is 0. The number of fused-ring (bicyclic) bond motifs is 1. The first-order valence-electron chi connectivity index (χ1n) is 6.44. The number of H-pyrrole nitrogens is 1. The predicted octanol–water partition coefficient (Wildman–Crippen LogP) is 2.06. The summed E-state index contributed by atoms with van der Waals surface area (Å²) in [5.41, 5.74) is 3.64. The molecule has 1 aliphatic heterocycles. The van der Waals surface area contributed by atoms with Gasteiger partial charge < -0.3 is 9.74 Å². The molecule has 0 radical (unpaired) electrons. The maximum absolute atomic E-state index is 11.7. The summed E-state index contributed by atoms with van der Waals surface area (Å²) >= 11 is 0. The van der Waals surface area contributed by atoms with Crippen LogP contribution in [-0.2, 0) is 6.54 Å². The van der Waals surface area contributed by atoms with E-state index in [1.165, 1.54) is 11.1 Å². The smallest absolute Gasteiger partial charge is 0.269 e. The molecule has 5 heteroatoms. The van der Waals surface area contributed by atoms with Crippen molar-refractivity contribution in [3.8, 4) is 0 Å². The highest BCUT2D eigenvalue weighted by molar-refractivity contribution is 5.57. The third-order valence-electron chi connectivity index (χ3n) is 3.78. The molecule has 0 saturated carbocycles. The van der Waals surface area contributed by atoms with Crippen LogP contribution < -0.4 is 10.5 Å². The van der Waals surface area contributed by atoms with E-state index in [0.29, 0.717) is 18.7 Å². The molecule has 0 amide bonds. The minimum absolute atomic E-state index is 0.00833. The van der Waals surface area contributed by atoms with Crippen molar-refractivity contribution in [1.82, 2.24) is 10.2 Å². The maximum atomic E-state index is 11.7. The molecular weight excluding hydrogens is 252 g/mol. The molecule has 0 saturated heterocycles. The molecule has 100 valence electrons. The van der Waals surface area contributed by atoms with Gasteiger partial charge in [0.15, 0.2) is 0 Å². The maximum Gasteiger partial charge on any atom is 0.269 e. The second-order valence-corrected chi connectivity index (χ2v) is 4.89. The molecule has 1 atom stereocenters. The van der Waals surface area contributed by atoms with Crippen LogP contribution in [0, 0.1) is 13.5 Å². The molecule has 0 bridgehead atoms. The van der Waals surface area contributed by atoms with Crippen molar-refractivity contribution in [2.24, 2.45) is 0 Å². The first-order valence-corrected chi connectivity index (χ1v) is 6.44. The molecule has 0 spiro atoms. The topological polar surface area (TPSA) is 53.4 Å². The average molecular weight is 266 g/mol. The molecule has 20 heavy (non-hydrogen) atoms. The van der Waals surface area contributed by atoms with E-state index in [0.717, 1.165) is 5.69 Å². The van der Waals surface area contributed by atoms with Crippen LogP contribution in [0.25, 0.3) is 4.85 Å². The molecule has 1 unspecified atom stereocenters. The van der Waals surface area contributed by atoms with Crippen molar-refractivity contribution in [1.29, 1.82) is 0 Å². The summed E-state index contributed by atoms with van der Waals surface area (Å²) in [5.74, 6) is 0. The van der Waals surface area contributed by atoms with Crippen LogP contribution >= 0.6 is 0 Å². The van der Waals surface area contributed by atoms with Gasteiger partial charge in [0.2, 0.25) is 6.54 Å². The molecular formula is C15H14N4O. The van der Waals surface area contributed by atoms with Crippen LogP contribution in [0.3, 0.4) is 0 Å². The fourth-order valence-electron chi connectivity index (χ4n) is 2.74. The van der Waals surface area contributed by atoms with E-state index < -0.39 is 0 Å². The monoisotopic (exact) mass is 266 g/mol. The fraction of sp³-hybridized carbons (Fsp3) is 0.267. The number of nitrogens with zero attached hydrogens (tertiary/aromatic N) is 3. The predicted molar refractivity (Wildman–Crippen MR) is 76.4 cm³/mol. The minimum Gasteiger partial charge on any atom is -0.351 e. The molecule has 2 heterocycles. The minimum atomic E-state index is -0.181. The Morgan fingerprint density at radius 1 is 1.50 bits per heavy atom. The summed E-state index contributed by atoms with van der Waals surface area (Å²) in [5, 5.41) is 6.33. The number of hydrogen-bond donors (Lipinski definition) is 1. The molecule has 1 aromatic carbocycles. The lowest BCUT2D eigenvalue weighted by Crippen LogP contribution is -2.27. The van der Waals surface area contributed by atoms with E-state index in [-0.39, 0.29) is 11.6 Å². The Bertz CT molecular complexity index is 744. The van der Waals surface area contributed by atoms with E-state index in [9.17, 15) is 4.79 Å². The number of aromatic nitrogens is 2. The van der Waals surface area contributed by atoms with Gasteiger partial charge in [0, 0.05) is 12.1 Å². The SMILES string of the molecule is [C-]#[N+]CC1c2ccccc2CN1c1cn[nH]c(=O)c1C. The lowest BCUT2D eigenvalue weighted by Gasteiger charge is -2.24. The van der Waals surface area contributed by atoms with Crippen molar-refractivity contribution in [2.45, 2.75) is 19.5 Å². The van der Waals surface area contributed by atoms with Gasteiger partial charge in [-0.2, -0.15) is 5.10 Å². The van der Waals surface area contributed by atoms with E-state index in [1.54, 1.807) is 13.1 Å². The van der Waals surface area contributed by atoms with Gasteiger partial charge in [0.05, 0.1) is 11.9 Å². The van der Waals surface area contributed by atoms with E-state index in [2.05, 4.69) is 32.1 Å². The number of benzene rings is 1. The van der Waals surface area contributed by atoms with Gasteiger partial charge in [0.25, 0.3) is 5.56 Å². The number of rotatable bonds is 2. The van der Waals surface area contributed by atoms with Gasteiger partial charge in [-0.05, 0) is 18.1 Å². The van der Waals surface area contributed by atoms with Crippen LogP contribution in [0.1, 0.15) is 22.7 Å². The number of anilines is 1. The highest BCUT2D eigenvalue weighted by Crippen LogP contribution is 2.37. The van der Waals surface area contributed by atoms with E-state index in [4.69, 9.17) is 6.57 Å². The third kappa shape index (κ3) is 1.86. The average Bonchev–Trinajstić information content (AvgIpc) is 2.81. The van der Waals surface area contributed by atoms with Gasteiger partial charge in [-0.25, -0.2) is 11.7 Å². The highest BCUT2D eigenvalue weighted by atomic mass is 16.1. The molecule has 2 aromatic rings. The first kappa shape index (κ1) is 12.4. The highest BCUT2D eigenvalue weighted by Gasteiger charge is 2.33. The number of aromatic amines is 1. The Hall–Kier alpha value is -2.61. The number of hydrogen-bond acceptors (Lipinski definition) is 3. The lowest BCUT2D eigenvalue weighted by molar-refractivity contribution is 0.706. The Balaban J connectivity index is 2.09. The largest absolute Gasteiger partial charge is 0.351 e. The summed E-state index contributed by atoms with van der Waals surface area (Å²) < 4.78 is 0. The van der Waals surface area contributed by atoms with Crippen LogP contribution in [0.5, 0.6) is 0 Å². The quantitative estimate of drug-likeness (QED) is 0.846. The van der Waals surface area contributed by atoms with Crippen molar-refractivity contribution < 1.29 is 0 Å². The molecule has 5 nitrogen and oxygen atoms in total. The summed E-state index contributed by atoms with van der Waals surface area (Å²) in [6.45, 7) is 10.0. The first-order chi connectivity index (χ1) is 9.72. The summed E-state index contributed by atoms with van der Waals surface area (Å²) in [6, 6.07) is 8.11. The van der Waals surface area contributed by atoms with Gasteiger partial charge in [-0.1, -0.05) is 24.3 Å². The van der Waals surface area contributed by atoms with E-state index in [1.807, 2.05) is 12.1 Å². The molecule has 3 rings (SSSR count). The molecule has 0 aliphatic carbocycles. The Morgan fingerprint density at radius 3 is 3.10 bits per heavy atom. The van der Waals surface area contributed by atoms with Gasteiger partial charge in [-0.15, -0.1) is 0 Å². The van der Waals surface area contributed by atoms with Crippen molar-refractivity contribution in [3.63, 3.8) is 0 Å². The van der Waals surface area contributed by atoms with Crippen LogP contribution in [0.2, 0.25) is 0 Å². The second kappa shape index (κ2) is 4.82. The summed E-state index contributed by atoms with van der Waals surface area (Å²) in [4.78, 5) is 17.4. The Labute approximate surface area is 116 Å². The third-order valence-corrected chi connectivity index (χ3v) is 3.78. The fourth-order valence-corrected chi connectivity index (χ4v) is 2.74. The molecule has 1 aliphatic rings. The molecule has 1 N–H and O–H groups in total. The van der Waals surface area contributed by atoms with Gasteiger partial charge in [0.1, 0.15) is 6.04 Å². The zero-order chi connectivity index (χ0) is 14.1. The number of nitrogens with one attached hydrogen (secondary N) is 1. The van der Waals surface area contributed by atoms with Gasteiger partial charge >= 0.3 is 0 Å². The zero-order valence-corrected chi connectivity index (χ0v) is 11.1. The van der Waals surface area contributed by atoms with Crippen molar-refractivity contribution >= 4 is 5.69 Å². The normalized spacial score (nSPS) is 16.8. The summed E-state index contributed by atoms with van der Waals surface area (Å²) in [6.07, 6.45) is 1.67. The van der Waals surface area contributed by atoms with Gasteiger partial charge in [-0.3, -0.25) is 4.79 Å². The van der Waals surface area contributed by atoms with Crippen molar-refractivity contribution in [2.75, 3.05) is 11.4 Å².